The van der Waals surface area contributed by atoms with Crippen molar-refractivity contribution in [3.63, 3.8) is 0 Å². The van der Waals surface area contributed by atoms with E-state index in [9.17, 15) is 18.4 Å². The lowest BCUT2D eigenvalue weighted by atomic mass is 10.1. The number of carbonyl (C=O) groups is 2. The lowest BCUT2D eigenvalue weighted by molar-refractivity contribution is 0.0543. The number of halogens is 2. The first-order valence-corrected chi connectivity index (χ1v) is 11.4. The first-order chi connectivity index (χ1) is 17.1. The molecule has 7 nitrogen and oxygen atoms in total. The summed E-state index contributed by atoms with van der Waals surface area (Å²) in [7, 11) is 0. The molecule has 0 bridgehead atoms. The largest absolute Gasteiger partial charge is 0.449 e. The second kappa shape index (κ2) is 11.5. The van der Waals surface area contributed by atoms with E-state index in [0.717, 1.165) is 29.2 Å². The van der Waals surface area contributed by atoms with Crippen LogP contribution < -0.4 is 5.32 Å². The minimum Gasteiger partial charge on any atom is -0.449 e. The number of carbonyl (C=O) groups excluding carboxylic acids is 2. The highest BCUT2D eigenvalue weighted by Gasteiger charge is 2.25. The average Bonchev–Trinajstić information content (AvgIpc) is 3.20. The summed E-state index contributed by atoms with van der Waals surface area (Å²) in [6, 6.07) is 9.86. The molecule has 0 saturated carbocycles. The van der Waals surface area contributed by atoms with Crippen LogP contribution in [0.3, 0.4) is 0 Å². The van der Waals surface area contributed by atoms with Crippen LogP contribution in [0.15, 0.2) is 48.7 Å². The first-order valence-electron chi connectivity index (χ1n) is 11.4. The zero-order valence-corrected chi connectivity index (χ0v) is 20.5. The van der Waals surface area contributed by atoms with Gasteiger partial charge in [0.15, 0.2) is 0 Å². The number of hydrogen-bond acceptors (Lipinski definition) is 5. The van der Waals surface area contributed by atoms with Gasteiger partial charge in [0.1, 0.15) is 17.2 Å². The number of benzene rings is 2. The minimum atomic E-state index is -0.784. The first kappa shape index (κ1) is 26.4. The predicted molar refractivity (Wildman–Crippen MR) is 132 cm³/mol. The summed E-state index contributed by atoms with van der Waals surface area (Å²) in [4.78, 5) is 29.3. The Balaban J connectivity index is 1.89. The van der Waals surface area contributed by atoms with Gasteiger partial charge in [0.25, 0.3) is 0 Å². The van der Waals surface area contributed by atoms with Crippen molar-refractivity contribution in [2.45, 2.75) is 46.1 Å². The summed E-state index contributed by atoms with van der Waals surface area (Å²) < 4.78 is 38.5. The average molecular weight is 496 g/mol. The van der Waals surface area contributed by atoms with Crippen LogP contribution in [0.4, 0.5) is 24.3 Å². The Kier molecular flexibility index (Phi) is 8.43. The normalized spacial score (nSPS) is 10.8. The van der Waals surface area contributed by atoms with Crippen molar-refractivity contribution in [3.05, 3.63) is 71.4 Å². The van der Waals surface area contributed by atoms with Gasteiger partial charge in [0.2, 0.25) is 5.95 Å². The van der Waals surface area contributed by atoms with E-state index in [1.807, 2.05) is 6.92 Å². The Morgan fingerprint density at radius 1 is 1.03 bits per heavy atom. The topological polar surface area (TPSA) is 82.5 Å². The second-order valence-corrected chi connectivity index (χ2v) is 8.88. The summed E-state index contributed by atoms with van der Waals surface area (Å²) >= 11 is 0. The molecular weight excluding hydrogens is 468 g/mol. The fourth-order valence-corrected chi connectivity index (χ4v) is 3.07. The molecule has 0 atom stereocenters. The molecule has 0 aliphatic heterocycles. The number of ether oxygens (including phenoxy) is 2. The van der Waals surface area contributed by atoms with E-state index in [1.165, 1.54) is 6.20 Å². The van der Waals surface area contributed by atoms with Crippen LogP contribution in [0.5, 0.6) is 0 Å². The van der Waals surface area contributed by atoms with Crippen molar-refractivity contribution in [1.82, 2.24) is 9.55 Å². The summed E-state index contributed by atoms with van der Waals surface area (Å²) in [5, 5.41) is 2.49. The number of aromatic nitrogens is 2. The monoisotopic (exact) mass is 495 g/mol. The van der Waals surface area contributed by atoms with Gasteiger partial charge in [-0.1, -0.05) is 37.3 Å². The number of rotatable bonds is 5. The van der Waals surface area contributed by atoms with Crippen molar-refractivity contribution < 1.29 is 27.8 Å². The molecule has 9 heteroatoms. The Hall–Kier alpha value is -4.19. The predicted octanol–water partition coefficient (Wildman–Crippen LogP) is 6.36. The Labute approximate surface area is 208 Å². The number of nitrogens with zero attached hydrogens (tertiary/aromatic N) is 2. The number of unbranched alkanes of at least 4 members (excludes halogenated alkanes) is 1. The molecule has 1 amide bonds. The fourth-order valence-electron chi connectivity index (χ4n) is 3.07. The number of hydrogen-bond donors (Lipinski definition) is 1. The summed E-state index contributed by atoms with van der Waals surface area (Å²) in [5.74, 6) is 4.11. The van der Waals surface area contributed by atoms with Gasteiger partial charge in [0.05, 0.1) is 18.5 Å². The highest BCUT2D eigenvalue weighted by Crippen LogP contribution is 2.25. The van der Waals surface area contributed by atoms with Crippen LogP contribution in [0.2, 0.25) is 0 Å². The Morgan fingerprint density at radius 3 is 2.28 bits per heavy atom. The summed E-state index contributed by atoms with van der Waals surface area (Å²) in [5.41, 5.74) is 0.988. The third kappa shape index (κ3) is 7.40. The standard InChI is InChI=1S/C27H27F2N3O4/c1-5-6-13-35-25(33)31-24-30-17-23(32(24)26(34)36-27(2,3)4)20-11-9-18(10-12-20)7-8-19-14-21(28)16-22(29)15-19/h9-12,14-17H,5-6,13H2,1-4H3,(H,30,31,33). The van der Waals surface area contributed by atoms with Crippen molar-refractivity contribution in [1.29, 1.82) is 0 Å². The number of imidazole rings is 1. The van der Waals surface area contributed by atoms with Gasteiger partial charge in [0, 0.05) is 22.8 Å². The number of amides is 1. The third-order valence-corrected chi connectivity index (χ3v) is 4.68. The highest BCUT2D eigenvalue weighted by molar-refractivity contribution is 5.88. The number of anilines is 1. The van der Waals surface area contributed by atoms with Gasteiger partial charge < -0.3 is 9.47 Å². The van der Waals surface area contributed by atoms with E-state index in [2.05, 4.69) is 22.1 Å². The molecule has 0 fully saturated rings. The van der Waals surface area contributed by atoms with E-state index in [4.69, 9.17) is 9.47 Å². The highest BCUT2D eigenvalue weighted by atomic mass is 19.1. The van der Waals surface area contributed by atoms with E-state index < -0.39 is 29.4 Å². The smallest absolute Gasteiger partial charge is 0.421 e. The maximum Gasteiger partial charge on any atom is 0.421 e. The maximum absolute atomic E-state index is 13.4. The SMILES string of the molecule is CCCCOC(=O)Nc1ncc(-c2ccc(C#Cc3cc(F)cc(F)c3)cc2)n1C(=O)OC(C)(C)C. The van der Waals surface area contributed by atoms with Crippen LogP contribution in [0.1, 0.15) is 51.7 Å². The molecule has 3 aromatic rings. The van der Waals surface area contributed by atoms with Gasteiger partial charge in [-0.3, -0.25) is 5.32 Å². The second-order valence-electron chi connectivity index (χ2n) is 8.88. The zero-order valence-electron chi connectivity index (χ0n) is 20.5. The van der Waals surface area contributed by atoms with Crippen LogP contribution >= 0.6 is 0 Å². The molecule has 3 rings (SSSR count). The molecule has 1 heterocycles. The molecule has 0 saturated heterocycles. The minimum absolute atomic E-state index is 0.0438. The van der Waals surface area contributed by atoms with Gasteiger partial charge in [-0.05, 0) is 51.5 Å². The Morgan fingerprint density at radius 2 is 1.67 bits per heavy atom. The van der Waals surface area contributed by atoms with Gasteiger partial charge in [-0.2, -0.15) is 0 Å². The zero-order chi connectivity index (χ0) is 26.3. The van der Waals surface area contributed by atoms with Crippen molar-refractivity contribution in [2.75, 3.05) is 11.9 Å². The van der Waals surface area contributed by atoms with Crippen LogP contribution in [0, 0.1) is 23.5 Å². The lowest BCUT2D eigenvalue weighted by Crippen LogP contribution is -2.29. The van der Waals surface area contributed by atoms with Crippen molar-refractivity contribution in [3.8, 4) is 23.1 Å². The van der Waals surface area contributed by atoms with Crippen LogP contribution in [-0.2, 0) is 9.47 Å². The van der Waals surface area contributed by atoms with Gasteiger partial charge in [-0.15, -0.1) is 0 Å². The van der Waals surface area contributed by atoms with Gasteiger partial charge >= 0.3 is 12.2 Å². The fraction of sp³-hybridized carbons (Fsp3) is 0.296. The van der Waals surface area contributed by atoms with Crippen molar-refractivity contribution >= 4 is 18.1 Å². The molecule has 188 valence electrons. The quantitative estimate of drug-likeness (QED) is 0.329. The molecule has 36 heavy (non-hydrogen) atoms. The third-order valence-electron chi connectivity index (χ3n) is 4.68. The molecule has 0 radical (unpaired) electrons. The molecule has 0 aliphatic carbocycles. The lowest BCUT2D eigenvalue weighted by Gasteiger charge is -2.21. The Bertz CT molecular complexity index is 1280. The van der Waals surface area contributed by atoms with Crippen LogP contribution in [0.25, 0.3) is 11.3 Å². The molecule has 2 aromatic carbocycles. The molecule has 0 unspecified atom stereocenters. The van der Waals surface area contributed by atoms with E-state index in [-0.39, 0.29) is 18.1 Å². The molecule has 0 spiro atoms. The van der Waals surface area contributed by atoms with Crippen LogP contribution in [-0.4, -0.2) is 33.9 Å². The van der Waals surface area contributed by atoms with Crippen molar-refractivity contribution in [2.24, 2.45) is 0 Å². The molecule has 0 aliphatic rings. The molecular formula is C27H27F2N3O4. The maximum atomic E-state index is 13.4. The molecule has 1 N–H and O–H groups in total. The summed E-state index contributed by atoms with van der Waals surface area (Å²) in [6.07, 6.45) is 1.55. The van der Waals surface area contributed by atoms with Gasteiger partial charge in [-0.25, -0.2) is 27.9 Å². The van der Waals surface area contributed by atoms with E-state index in [1.54, 1.807) is 45.0 Å². The van der Waals surface area contributed by atoms with E-state index >= 15 is 0 Å². The number of nitrogens with one attached hydrogen (secondary N) is 1. The summed E-state index contributed by atoms with van der Waals surface area (Å²) in [6.45, 7) is 7.40. The van der Waals surface area contributed by atoms with E-state index in [0.29, 0.717) is 23.2 Å². The molecule has 1 aromatic heterocycles.